The Morgan fingerprint density at radius 1 is 0.577 bits per heavy atom. The van der Waals surface area contributed by atoms with Crippen molar-refractivity contribution in [3.8, 4) is 11.5 Å². The highest BCUT2D eigenvalue weighted by atomic mass is 16.5. The van der Waals surface area contributed by atoms with Gasteiger partial charge in [-0.2, -0.15) is 0 Å². The molecule has 0 saturated heterocycles. The van der Waals surface area contributed by atoms with Crippen molar-refractivity contribution in [2.75, 3.05) is 4.90 Å². The van der Waals surface area contributed by atoms with E-state index in [1.165, 1.54) is 78.6 Å². The van der Waals surface area contributed by atoms with Crippen molar-refractivity contribution in [2.45, 2.75) is 88.9 Å². The zero-order valence-electron chi connectivity index (χ0n) is 30.8. The lowest BCUT2D eigenvalue weighted by atomic mass is 9.37. The fourth-order valence-electron chi connectivity index (χ4n) is 13.6. The first-order chi connectivity index (χ1) is 25.2. The third kappa shape index (κ3) is 3.59. The van der Waals surface area contributed by atoms with Crippen molar-refractivity contribution in [1.82, 2.24) is 0 Å². The molecule has 1 aromatic heterocycles. The van der Waals surface area contributed by atoms with E-state index >= 15 is 0 Å². The molecule has 5 aliphatic carbocycles. The van der Waals surface area contributed by atoms with Crippen LogP contribution in [-0.4, -0.2) is 0 Å². The quantitative estimate of drug-likeness (QED) is 0.186. The Morgan fingerprint density at radius 2 is 1.23 bits per heavy atom. The van der Waals surface area contributed by atoms with Gasteiger partial charge in [-0.1, -0.05) is 82.3 Å². The van der Waals surface area contributed by atoms with Gasteiger partial charge in [0.2, 0.25) is 0 Å². The van der Waals surface area contributed by atoms with Crippen LogP contribution in [0.5, 0.6) is 11.5 Å². The largest absolute Gasteiger partial charge is 0.457 e. The summed E-state index contributed by atoms with van der Waals surface area (Å²) in [4.78, 5) is 2.50. The van der Waals surface area contributed by atoms with Crippen LogP contribution in [0.3, 0.4) is 0 Å². The van der Waals surface area contributed by atoms with Crippen LogP contribution in [-0.2, 0) is 16.2 Å². The van der Waals surface area contributed by atoms with Crippen molar-refractivity contribution in [1.29, 1.82) is 0 Å². The summed E-state index contributed by atoms with van der Waals surface area (Å²) in [6, 6.07) is 38.7. The topological polar surface area (TPSA) is 25.6 Å². The Kier molecular flexibility index (Phi) is 5.61. The molecule has 4 saturated carbocycles. The van der Waals surface area contributed by atoms with Gasteiger partial charge < -0.3 is 14.1 Å². The van der Waals surface area contributed by atoms with E-state index in [4.69, 9.17) is 9.15 Å². The number of anilines is 3. The van der Waals surface area contributed by atoms with Gasteiger partial charge in [0.15, 0.2) is 5.58 Å². The van der Waals surface area contributed by atoms with Gasteiger partial charge in [0, 0.05) is 38.7 Å². The van der Waals surface area contributed by atoms with Crippen molar-refractivity contribution in [3.63, 3.8) is 0 Å². The average molecular weight is 682 g/mol. The lowest BCUT2D eigenvalue weighted by molar-refractivity contribution is -0.0882. The van der Waals surface area contributed by atoms with Crippen molar-refractivity contribution in [2.24, 2.45) is 29.1 Å². The summed E-state index contributed by atoms with van der Waals surface area (Å²) >= 11 is 0. The summed E-state index contributed by atoms with van der Waals surface area (Å²) in [5, 5.41) is 2.32. The van der Waals surface area contributed by atoms with Crippen molar-refractivity contribution < 1.29 is 9.15 Å². The molecule has 3 heteroatoms. The molecule has 260 valence electrons. The molecule has 3 bridgehead atoms. The summed E-state index contributed by atoms with van der Waals surface area (Å²) in [6.45, 7) is 9.71. The third-order valence-electron chi connectivity index (χ3n) is 15.6. The van der Waals surface area contributed by atoms with Crippen LogP contribution in [0.1, 0.15) is 94.9 Å². The first-order valence-electron chi connectivity index (χ1n) is 19.9. The zero-order valence-corrected chi connectivity index (χ0v) is 30.8. The fraction of sp³-hybridized carbons (Fsp3) is 0.388. The average Bonchev–Trinajstić information content (AvgIpc) is 3.73. The molecule has 3 nitrogen and oxygen atoms in total. The molecule has 2 heterocycles. The second-order valence-electron chi connectivity index (χ2n) is 18.9. The molecule has 0 radical (unpaired) electrons. The Morgan fingerprint density at radius 3 is 2.04 bits per heavy atom. The highest BCUT2D eigenvalue weighted by Crippen LogP contribution is 2.85. The van der Waals surface area contributed by atoms with Gasteiger partial charge in [-0.25, -0.2) is 0 Å². The summed E-state index contributed by atoms with van der Waals surface area (Å²) in [5.74, 6) is 5.27. The van der Waals surface area contributed by atoms with E-state index in [-0.39, 0.29) is 16.2 Å². The number of hydrogen-bond acceptors (Lipinski definition) is 3. The van der Waals surface area contributed by atoms with Gasteiger partial charge in [0.1, 0.15) is 17.1 Å². The normalized spacial score (nSPS) is 30.8. The van der Waals surface area contributed by atoms with Crippen molar-refractivity contribution in [3.05, 3.63) is 125 Å². The molecule has 6 aromatic rings. The van der Waals surface area contributed by atoms with Crippen LogP contribution in [0.4, 0.5) is 17.1 Å². The standard InChI is InChI=1S/C49H47NO2/c1-46(2)20-21-47(3,4)37-25-31(16-18-35(37)46)50(39-13-9-11-34-33-10-5-7-14-40(33)52-45(34)39)32-17-19-42-38(26-32)49(36-12-6-8-15-41(36)51-42)43-23-29-22-30-24-44(49)48(43,27-29)28-30/h5-19,25-26,29-30,43-44H,20-24,27-28H2,1-4H3. The molecule has 12 rings (SSSR count). The van der Waals surface area contributed by atoms with E-state index in [0.717, 1.165) is 51.0 Å². The molecule has 1 aliphatic heterocycles. The summed E-state index contributed by atoms with van der Waals surface area (Å²) in [6.07, 6.45) is 9.46. The number of rotatable bonds is 3. The van der Waals surface area contributed by atoms with Gasteiger partial charge >= 0.3 is 0 Å². The predicted molar refractivity (Wildman–Crippen MR) is 210 cm³/mol. The molecular weight excluding hydrogens is 635 g/mol. The third-order valence-corrected chi connectivity index (χ3v) is 15.6. The van der Waals surface area contributed by atoms with E-state index in [1.807, 2.05) is 0 Å². The van der Waals surface area contributed by atoms with Crippen LogP contribution in [0.15, 0.2) is 108 Å². The van der Waals surface area contributed by atoms with E-state index in [2.05, 4.69) is 136 Å². The van der Waals surface area contributed by atoms with Gasteiger partial charge in [-0.15, -0.1) is 0 Å². The molecule has 5 aromatic carbocycles. The summed E-state index contributed by atoms with van der Waals surface area (Å²) in [7, 11) is 0. The number of fused-ring (bicyclic) bond motifs is 12. The number of furan rings is 1. The van der Waals surface area contributed by atoms with E-state index in [9.17, 15) is 0 Å². The van der Waals surface area contributed by atoms with E-state index in [1.54, 1.807) is 0 Å². The van der Waals surface area contributed by atoms with Gasteiger partial charge in [0.05, 0.1) is 5.69 Å². The molecule has 4 unspecified atom stereocenters. The molecule has 0 N–H and O–H groups in total. The maximum Gasteiger partial charge on any atom is 0.159 e. The lowest BCUT2D eigenvalue weighted by Crippen LogP contribution is -2.64. The van der Waals surface area contributed by atoms with Crippen LogP contribution >= 0.6 is 0 Å². The molecule has 2 spiro atoms. The van der Waals surface area contributed by atoms with E-state index in [0.29, 0.717) is 17.3 Å². The second-order valence-corrected chi connectivity index (χ2v) is 18.9. The molecule has 4 atom stereocenters. The predicted octanol–water partition coefficient (Wildman–Crippen LogP) is 13.3. The number of ether oxygens (including phenoxy) is 1. The SMILES string of the molecule is CC1(C)CCC(C)(C)c2cc(N(c3ccc4c(c3)C3(c5ccccc5O4)C4CC5CC6CC3C4(C5)C6)c3cccc4c3oc3ccccc34)ccc21. The van der Waals surface area contributed by atoms with Gasteiger partial charge in [-0.05, 0) is 145 Å². The maximum absolute atomic E-state index is 6.89. The summed E-state index contributed by atoms with van der Waals surface area (Å²) in [5.41, 5.74) is 11.9. The van der Waals surface area contributed by atoms with Crippen molar-refractivity contribution >= 4 is 39.0 Å². The molecular formula is C49H47NO2. The Bertz CT molecular complexity index is 2470. The number of para-hydroxylation sites is 3. The number of benzene rings is 5. The monoisotopic (exact) mass is 681 g/mol. The Labute approximate surface area is 307 Å². The number of hydrogen-bond donors (Lipinski definition) is 0. The van der Waals surface area contributed by atoms with Crippen LogP contribution < -0.4 is 9.64 Å². The zero-order chi connectivity index (χ0) is 34.8. The minimum Gasteiger partial charge on any atom is -0.457 e. The molecule has 6 aliphatic rings. The highest BCUT2D eigenvalue weighted by molar-refractivity contribution is 6.10. The Hall–Kier alpha value is -4.50. The molecule has 0 amide bonds. The van der Waals surface area contributed by atoms with E-state index < -0.39 is 0 Å². The smallest absolute Gasteiger partial charge is 0.159 e. The summed E-state index contributed by atoms with van der Waals surface area (Å²) < 4.78 is 13.7. The lowest BCUT2D eigenvalue weighted by Gasteiger charge is -2.66. The minimum absolute atomic E-state index is 0.00299. The second kappa shape index (κ2) is 9.72. The molecule has 52 heavy (non-hydrogen) atoms. The first-order valence-corrected chi connectivity index (χ1v) is 19.9. The number of nitrogens with zero attached hydrogens (tertiary/aromatic N) is 1. The Balaban J connectivity index is 1.11. The maximum atomic E-state index is 6.89. The van der Waals surface area contributed by atoms with Crippen LogP contribution in [0.25, 0.3) is 21.9 Å². The van der Waals surface area contributed by atoms with Gasteiger partial charge in [0.25, 0.3) is 0 Å². The van der Waals surface area contributed by atoms with Crippen LogP contribution in [0.2, 0.25) is 0 Å². The van der Waals surface area contributed by atoms with Crippen LogP contribution in [0, 0.1) is 29.1 Å². The highest BCUT2D eigenvalue weighted by Gasteiger charge is 2.79. The first kappa shape index (κ1) is 30.0. The fourth-order valence-corrected chi connectivity index (χ4v) is 13.6. The minimum atomic E-state index is 0.00299. The molecule has 4 fully saturated rings. The van der Waals surface area contributed by atoms with Gasteiger partial charge in [-0.3, -0.25) is 0 Å².